The lowest BCUT2D eigenvalue weighted by atomic mass is 10.1. The molecule has 0 aliphatic rings. The van der Waals surface area contributed by atoms with Crippen molar-refractivity contribution in [3.8, 4) is 0 Å². The summed E-state index contributed by atoms with van der Waals surface area (Å²) in [7, 11) is 0. The summed E-state index contributed by atoms with van der Waals surface area (Å²) in [6, 6.07) is 6.73. The van der Waals surface area contributed by atoms with Crippen LogP contribution in [0.4, 0.5) is 8.78 Å². The molecule has 0 aliphatic carbocycles. The Bertz CT molecular complexity index is 342. The summed E-state index contributed by atoms with van der Waals surface area (Å²) in [6.45, 7) is -0.0757. The Kier molecular flexibility index (Phi) is 4.17. The van der Waals surface area contributed by atoms with Crippen molar-refractivity contribution in [1.82, 2.24) is 5.32 Å². The molecule has 1 amide bonds. The number of alkyl halides is 2. The number of carbonyl (C=O) groups excluding carboxylic acids is 1. The lowest BCUT2D eigenvalue weighted by Gasteiger charge is -2.05. The van der Waals surface area contributed by atoms with Gasteiger partial charge >= 0.3 is 6.43 Å². The van der Waals surface area contributed by atoms with Gasteiger partial charge in [-0.05, 0) is 11.1 Å². The Hall–Kier alpha value is -1.49. The molecule has 0 saturated carbocycles. The lowest BCUT2D eigenvalue weighted by Crippen LogP contribution is -2.28. The normalized spacial score (nSPS) is 10.4. The Morgan fingerprint density at radius 1 is 1.40 bits per heavy atom. The van der Waals surface area contributed by atoms with E-state index in [-0.39, 0.29) is 13.2 Å². The summed E-state index contributed by atoms with van der Waals surface area (Å²) in [4.78, 5) is 10.6. The molecule has 0 bridgehead atoms. The number of hydrogen-bond donors (Lipinski definition) is 2. The van der Waals surface area contributed by atoms with Gasteiger partial charge in [0.2, 0.25) is 0 Å². The van der Waals surface area contributed by atoms with Crippen molar-refractivity contribution in [2.45, 2.75) is 19.6 Å². The van der Waals surface area contributed by atoms with E-state index < -0.39 is 12.3 Å². The van der Waals surface area contributed by atoms with E-state index >= 15 is 0 Å². The second-order valence-corrected chi connectivity index (χ2v) is 3.00. The highest BCUT2D eigenvalue weighted by Gasteiger charge is 2.13. The van der Waals surface area contributed by atoms with Crippen molar-refractivity contribution in [2.24, 2.45) is 0 Å². The Labute approximate surface area is 85.7 Å². The molecule has 0 heterocycles. The van der Waals surface area contributed by atoms with Gasteiger partial charge in [-0.1, -0.05) is 24.3 Å². The maximum atomic E-state index is 11.8. The predicted molar refractivity (Wildman–Crippen MR) is 50.2 cm³/mol. The van der Waals surface area contributed by atoms with Crippen molar-refractivity contribution < 1.29 is 18.7 Å². The highest BCUT2D eigenvalue weighted by molar-refractivity contribution is 5.79. The number of halogens is 2. The van der Waals surface area contributed by atoms with Crippen LogP contribution in [0.1, 0.15) is 11.1 Å². The van der Waals surface area contributed by atoms with Gasteiger partial charge in [-0.2, -0.15) is 8.78 Å². The van der Waals surface area contributed by atoms with E-state index in [0.29, 0.717) is 11.1 Å². The Balaban J connectivity index is 2.54. The van der Waals surface area contributed by atoms with Crippen LogP contribution in [-0.2, 0) is 17.9 Å². The molecular formula is C10H11F2NO2. The van der Waals surface area contributed by atoms with E-state index in [1.807, 2.05) is 0 Å². The SMILES string of the molecule is O=C(NCc1cccc(CO)c1)C(F)F. The van der Waals surface area contributed by atoms with Gasteiger partial charge in [0, 0.05) is 6.54 Å². The van der Waals surface area contributed by atoms with E-state index in [0.717, 1.165) is 0 Å². The van der Waals surface area contributed by atoms with Gasteiger partial charge in [0.1, 0.15) is 0 Å². The van der Waals surface area contributed by atoms with Crippen molar-refractivity contribution in [3.05, 3.63) is 35.4 Å². The molecule has 0 unspecified atom stereocenters. The molecule has 82 valence electrons. The minimum atomic E-state index is -2.99. The fraction of sp³-hybridized carbons (Fsp3) is 0.300. The van der Waals surface area contributed by atoms with Crippen molar-refractivity contribution in [2.75, 3.05) is 0 Å². The average Bonchev–Trinajstić information content (AvgIpc) is 2.26. The van der Waals surface area contributed by atoms with Crippen LogP contribution in [-0.4, -0.2) is 17.4 Å². The first-order valence-corrected chi connectivity index (χ1v) is 4.38. The van der Waals surface area contributed by atoms with Crippen molar-refractivity contribution in [3.63, 3.8) is 0 Å². The summed E-state index contributed by atoms with van der Waals surface area (Å²) in [5, 5.41) is 10.9. The molecule has 0 spiro atoms. The zero-order chi connectivity index (χ0) is 11.3. The molecule has 0 radical (unpaired) electrons. The minimum absolute atomic E-state index is 0.0387. The van der Waals surface area contributed by atoms with Crippen molar-refractivity contribution in [1.29, 1.82) is 0 Å². The number of carbonyl (C=O) groups is 1. The van der Waals surface area contributed by atoms with E-state index in [9.17, 15) is 13.6 Å². The second kappa shape index (κ2) is 5.41. The van der Waals surface area contributed by atoms with Crippen molar-refractivity contribution >= 4 is 5.91 Å². The zero-order valence-corrected chi connectivity index (χ0v) is 7.91. The first kappa shape index (κ1) is 11.6. The molecule has 3 nitrogen and oxygen atoms in total. The van der Waals surface area contributed by atoms with Gasteiger partial charge < -0.3 is 10.4 Å². The second-order valence-electron chi connectivity index (χ2n) is 3.00. The van der Waals surface area contributed by atoms with Crippen LogP contribution < -0.4 is 5.32 Å². The van der Waals surface area contributed by atoms with E-state index in [4.69, 9.17) is 5.11 Å². The number of rotatable bonds is 4. The number of aliphatic hydroxyl groups is 1. The summed E-state index contributed by atoms with van der Waals surface area (Å²) in [5.74, 6) is -1.29. The summed E-state index contributed by atoms with van der Waals surface area (Å²) in [5.41, 5.74) is 1.36. The quantitative estimate of drug-likeness (QED) is 0.789. The number of amides is 1. The monoisotopic (exact) mass is 215 g/mol. The van der Waals surface area contributed by atoms with Gasteiger partial charge in [-0.15, -0.1) is 0 Å². The molecular weight excluding hydrogens is 204 g/mol. The highest BCUT2D eigenvalue weighted by atomic mass is 19.3. The zero-order valence-electron chi connectivity index (χ0n) is 7.91. The Morgan fingerprint density at radius 3 is 2.67 bits per heavy atom. The maximum Gasteiger partial charge on any atom is 0.315 e. The van der Waals surface area contributed by atoms with Crippen LogP contribution in [0, 0.1) is 0 Å². The molecule has 15 heavy (non-hydrogen) atoms. The fourth-order valence-electron chi connectivity index (χ4n) is 1.10. The first-order chi connectivity index (χ1) is 7.13. The number of hydrogen-bond acceptors (Lipinski definition) is 2. The molecule has 0 atom stereocenters. The van der Waals surface area contributed by atoms with Gasteiger partial charge in [0.25, 0.3) is 5.91 Å². The maximum absolute atomic E-state index is 11.8. The molecule has 0 saturated heterocycles. The molecule has 5 heteroatoms. The predicted octanol–water partition coefficient (Wildman–Crippen LogP) is 1.06. The van der Waals surface area contributed by atoms with Crippen LogP contribution in [0.5, 0.6) is 0 Å². The molecule has 0 aromatic heterocycles. The van der Waals surface area contributed by atoms with Crippen LogP contribution in [0.3, 0.4) is 0 Å². The molecule has 0 aliphatic heterocycles. The first-order valence-electron chi connectivity index (χ1n) is 4.38. The molecule has 1 aromatic rings. The van der Waals surface area contributed by atoms with Gasteiger partial charge in [-0.3, -0.25) is 4.79 Å². The van der Waals surface area contributed by atoms with Crippen LogP contribution >= 0.6 is 0 Å². The van der Waals surface area contributed by atoms with E-state index in [1.54, 1.807) is 24.3 Å². The van der Waals surface area contributed by atoms with Crippen LogP contribution in [0.2, 0.25) is 0 Å². The number of benzene rings is 1. The minimum Gasteiger partial charge on any atom is -0.392 e. The summed E-state index contributed by atoms with van der Waals surface area (Å²) >= 11 is 0. The smallest absolute Gasteiger partial charge is 0.315 e. The molecule has 1 rings (SSSR count). The topological polar surface area (TPSA) is 49.3 Å². The van der Waals surface area contributed by atoms with Gasteiger partial charge in [0.15, 0.2) is 0 Å². The van der Waals surface area contributed by atoms with Gasteiger partial charge in [-0.25, -0.2) is 0 Å². The standard InChI is InChI=1S/C10H11F2NO2/c11-9(12)10(15)13-5-7-2-1-3-8(4-7)6-14/h1-4,9,14H,5-6H2,(H,13,15). The van der Waals surface area contributed by atoms with Crippen LogP contribution in [0.25, 0.3) is 0 Å². The van der Waals surface area contributed by atoms with E-state index in [2.05, 4.69) is 5.32 Å². The third kappa shape index (κ3) is 3.63. The summed E-state index contributed by atoms with van der Waals surface area (Å²) in [6.07, 6.45) is -2.99. The third-order valence-corrected chi connectivity index (χ3v) is 1.84. The van der Waals surface area contributed by atoms with Gasteiger partial charge in [0.05, 0.1) is 6.61 Å². The Morgan fingerprint density at radius 2 is 2.07 bits per heavy atom. The van der Waals surface area contributed by atoms with Crippen LogP contribution in [0.15, 0.2) is 24.3 Å². The number of aliphatic hydroxyl groups excluding tert-OH is 1. The highest BCUT2D eigenvalue weighted by Crippen LogP contribution is 2.05. The fourth-order valence-corrected chi connectivity index (χ4v) is 1.10. The molecule has 0 fully saturated rings. The molecule has 1 aromatic carbocycles. The largest absolute Gasteiger partial charge is 0.392 e. The van der Waals surface area contributed by atoms with E-state index in [1.165, 1.54) is 0 Å². The third-order valence-electron chi connectivity index (χ3n) is 1.84. The lowest BCUT2D eigenvalue weighted by molar-refractivity contribution is -0.131. The molecule has 2 N–H and O–H groups in total. The number of nitrogens with one attached hydrogen (secondary N) is 1. The average molecular weight is 215 g/mol. The summed E-state index contributed by atoms with van der Waals surface area (Å²) < 4.78 is 23.6.